The summed E-state index contributed by atoms with van der Waals surface area (Å²) in [6.45, 7) is 3.84. The van der Waals surface area contributed by atoms with E-state index in [0.29, 0.717) is 0 Å². The molecule has 3 nitrogen and oxygen atoms in total. The van der Waals surface area contributed by atoms with Gasteiger partial charge in [-0.1, -0.05) is 6.07 Å². The van der Waals surface area contributed by atoms with Crippen LogP contribution in [-0.4, -0.2) is 15.0 Å². The molecule has 0 radical (unpaired) electrons. The van der Waals surface area contributed by atoms with Gasteiger partial charge in [-0.05, 0) is 26.0 Å². The highest BCUT2D eigenvalue weighted by Gasteiger charge is 1.99. The molecule has 2 rings (SSSR count). The van der Waals surface area contributed by atoms with Crippen molar-refractivity contribution in [2.75, 3.05) is 0 Å². The van der Waals surface area contributed by atoms with Gasteiger partial charge in [-0.15, -0.1) is 0 Å². The Bertz CT molecular complexity index is 435. The number of aryl methyl sites for hydroxylation is 2. The minimum absolute atomic E-state index is 0.779. The fourth-order valence-corrected chi connectivity index (χ4v) is 1.23. The normalized spacial score (nSPS) is 10.1. The van der Waals surface area contributed by atoms with Gasteiger partial charge in [-0.2, -0.15) is 0 Å². The highest BCUT2D eigenvalue weighted by atomic mass is 14.9. The first kappa shape index (κ1) is 8.81. The van der Waals surface area contributed by atoms with E-state index in [1.54, 1.807) is 12.4 Å². The monoisotopic (exact) mass is 185 g/mol. The Labute approximate surface area is 82.9 Å². The Morgan fingerprint density at radius 2 is 1.71 bits per heavy atom. The van der Waals surface area contributed by atoms with E-state index in [1.165, 1.54) is 0 Å². The summed E-state index contributed by atoms with van der Waals surface area (Å²) < 4.78 is 0. The number of rotatable bonds is 1. The van der Waals surface area contributed by atoms with Crippen molar-refractivity contribution in [3.05, 3.63) is 42.1 Å². The van der Waals surface area contributed by atoms with E-state index in [4.69, 9.17) is 0 Å². The van der Waals surface area contributed by atoms with Gasteiger partial charge in [-0.25, -0.2) is 9.97 Å². The molecule has 0 bridgehead atoms. The molecular weight excluding hydrogens is 174 g/mol. The Balaban J connectivity index is 2.44. The van der Waals surface area contributed by atoms with Crippen LogP contribution in [0.15, 0.2) is 30.6 Å². The predicted octanol–water partition coefficient (Wildman–Crippen LogP) is 2.16. The van der Waals surface area contributed by atoms with Crippen molar-refractivity contribution in [2.24, 2.45) is 0 Å². The number of pyridine rings is 1. The Morgan fingerprint density at radius 3 is 2.36 bits per heavy atom. The van der Waals surface area contributed by atoms with Gasteiger partial charge in [0, 0.05) is 23.7 Å². The Kier molecular flexibility index (Phi) is 2.23. The molecular formula is C11H11N3. The zero-order chi connectivity index (χ0) is 9.97. The summed E-state index contributed by atoms with van der Waals surface area (Å²) in [4.78, 5) is 12.7. The molecule has 0 N–H and O–H groups in total. The lowest BCUT2D eigenvalue weighted by Crippen LogP contribution is -1.90. The van der Waals surface area contributed by atoms with Gasteiger partial charge >= 0.3 is 0 Å². The lowest BCUT2D eigenvalue weighted by molar-refractivity contribution is 1.05. The molecule has 0 amide bonds. The van der Waals surface area contributed by atoms with Crippen LogP contribution < -0.4 is 0 Å². The molecule has 3 heteroatoms. The van der Waals surface area contributed by atoms with Crippen LogP contribution in [-0.2, 0) is 0 Å². The molecule has 0 saturated heterocycles. The summed E-state index contributed by atoms with van der Waals surface area (Å²) in [5.41, 5.74) is 2.88. The van der Waals surface area contributed by atoms with Gasteiger partial charge in [0.05, 0.1) is 5.69 Å². The third-order valence-corrected chi connectivity index (χ3v) is 1.97. The molecule has 2 aromatic heterocycles. The van der Waals surface area contributed by atoms with Gasteiger partial charge < -0.3 is 0 Å². The molecule has 0 atom stereocenters. The number of hydrogen-bond acceptors (Lipinski definition) is 3. The molecule has 0 unspecified atom stereocenters. The summed E-state index contributed by atoms with van der Waals surface area (Å²) in [6.07, 6.45) is 3.59. The van der Waals surface area contributed by atoms with Crippen molar-refractivity contribution < 1.29 is 0 Å². The van der Waals surface area contributed by atoms with Crippen molar-refractivity contribution in [1.82, 2.24) is 15.0 Å². The minimum atomic E-state index is 0.779. The average molecular weight is 185 g/mol. The van der Waals surface area contributed by atoms with E-state index in [1.807, 2.05) is 32.0 Å². The largest absolute Gasteiger partial charge is 0.253 e. The lowest BCUT2D eigenvalue weighted by Gasteiger charge is -2.00. The van der Waals surface area contributed by atoms with Crippen molar-refractivity contribution in [3.8, 4) is 11.3 Å². The van der Waals surface area contributed by atoms with Crippen molar-refractivity contribution in [2.45, 2.75) is 13.8 Å². The highest BCUT2D eigenvalue weighted by Crippen LogP contribution is 2.14. The van der Waals surface area contributed by atoms with Gasteiger partial charge in [-0.3, -0.25) is 4.98 Å². The Hall–Kier alpha value is -1.77. The summed E-state index contributed by atoms with van der Waals surface area (Å²) in [7, 11) is 0. The standard InChI is InChI=1S/C11H11N3/c1-8-4-3-5-11(14-8)10-6-12-9(2)13-7-10/h3-7H,1-2H3. The average Bonchev–Trinajstić information content (AvgIpc) is 2.19. The summed E-state index contributed by atoms with van der Waals surface area (Å²) in [5, 5.41) is 0. The first-order valence-corrected chi connectivity index (χ1v) is 4.48. The topological polar surface area (TPSA) is 38.7 Å². The highest BCUT2D eigenvalue weighted by molar-refractivity contribution is 5.56. The van der Waals surface area contributed by atoms with E-state index in [9.17, 15) is 0 Å². The molecule has 0 fully saturated rings. The number of nitrogens with zero attached hydrogens (tertiary/aromatic N) is 3. The van der Waals surface area contributed by atoms with Crippen molar-refractivity contribution in [1.29, 1.82) is 0 Å². The number of hydrogen-bond donors (Lipinski definition) is 0. The minimum Gasteiger partial charge on any atom is -0.253 e. The fraction of sp³-hybridized carbons (Fsp3) is 0.182. The molecule has 0 spiro atoms. The summed E-state index contributed by atoms with van der Waals surface area (Å²) >= 11 is 0. The van der Waals surface area contributed by atoms with Crippen LogP contribution in [0.25, 0.3) is 11.3 Å². The smallest absolute Gasteiger partial charge is 0.125 e. The van der Waals surface area contributed by atoms with E-state index in [-0.39, 0.29) is 0 Å². The quantitative estimate of drug-likeness (QED) is 0.683. The SMILES string of the molecule is Cc1cccc(-c2cnc(C)nc2)n1. The molecule has 14 heavy (non-hydrogen) atoms. The molecule has 0 aliphatic rings. The van der Waals surface area contributed by atoms with Crippen LogP contribution in [0, 0.1) is 13.8 Å². The summed E-state index contributed by atoms with van der Waals surface area (Å²) in [6, 6.07) is 5.91. The second kappa shape index (κ2) is 3.54. The first-order chi connectivity index (χ1) is 6.75. The maximum Gasteiger partial charge on any atom is 0.125 e. The van der Waals surface area contributed by atoms with Crippen LogP contribution >= 0.6 is 0 Å². The summed E-state index contributed by atoms with van der Waals surface area (Å²) in [5.74, 6) is 0.779. The van der Waals surface area contributed by atoms with E-state index in [2.05, 4.69) is 15.0 Å². The van der Waals surface area contributed by atoms with Crippen molar-refractivity contribution >= 4 is 0 Å². The van der Waals surface area contributed by atoms with E-state index < -0.39 is 0 Å². The maximum absolute atomic E-state index is 4.39. The predicted molar refractivity (Wildman–Crippen MR) is 54.7 cm³/mol. The molecule has 2 heterocycles. The van der Waals surface area contributed by atoms with Crippen LogP contribution in [0.1, 0.15) is 11.5 Å². The zero-order valence-corrected chi connectivity index (χ0v) is 8.23. The van der Waals surface area contributed by atoms with Crippen molar-refractivity contribution in [3.63, 3.8) is 0 Å². The second-order valence-electron chi connectivity index (χ2n) is 3.18. The van der Waals surface area contributed by atoms with E-state index in [0.717, 1.165) is 22.8 Å². The second-order valence-corrected chi connectivity index (χ2v) is 3.18. The van der Waals surface area contributed by atoms with Crippen LogP contribution in [0.3, 0.4) is 0 Å². The van der Waals surface area contributed by atoms with Gasteiger partial charge in [0.25, 0.3) is 0 Å². The maximum atomic E-state index is 4.39. The zero-order valence-electron chi connectivity index (χ0n) is 8.23. The lowest BCUT2D eigenvalue weighted by atomic mass is 10.2. The molecule has 0 aliphatic carbocycles. The third kappa shape index (κ3) is 1.76. The molecule has 70 valence electrons. The van der Waals surface area contributed by atoms with Crippen LogP contribution in [0.2, 0.25) is 0 Å². The third-order valence-electron chi connectivity index (χ3n) is 1.97. The van der Waals surface area contributed by atoms with Gasteiger partial charge in [0.15, 0.2) is 0 Å². The molecule has 0 aromatic carbocycles. The van der Waals surface area contributed by atoms with Gasteiger partial charge in [0.1, 0.15) is 5.82 Å². The molecule has 0 aliphatic heterocycles. The molecule has 2 aromatic rings. The van der Waals surface area contributed by atoms with Crippen LogP contribution in [0.4, 0.5) is 0 Å². The van der Waals surface area contributed by atoms with Crippen LogP contribution in [0.5, 0.6) is 0 Å². The molecule has 0 saturated carbocycles. The Morgan fingerprint density at radius 1 is 1.00 bits per heavy atom. The number of aromatic nitrogens is 3. The van der Waals surface area contributed by atoms with Gasteiger partial charge in [0.2, 0.25) is 0 Å². The first-order valence-electron chi connectivity index (χ1n) is 4.48. The van der Waals surface area contributed by atoms with E-state index >= 15 is 0 Å². The fourth-order valence-electron chi connectivity index (χ4n) is 1.23.